The van der Waals surface area contributed by atoms with Crippen molar-refractivity contribution in [2.45, 2.75) is 48.5 Å². The lowest BCUT2D eigenvalue weighted by molar-refractivity contribution is -0.161. The maximum Gasteiger partial charge on any atom is 0.163 e. The summed E-state index contributed by atoms with van der Waals surface area (Å²) in [7, 11) is 0. The molecule has 2 heterocycles. The molecular formula is C16H21IO4. The molecule has 0 unspecified atom stereocenters. The Bertz CT molecular complexity index is 465. The van der Waals surface area contributed by atoms with Gasteiger partial charge in [-0.3, -0.25) is 0 Å². The summed E-state index contributed by atoms with van der Waals surface area (Å²) in [5.41, 5.74) is 1.18. The lowest BCUT2D eigenvalue weighted by atomic mass is 10.1. The van der Waals surface area contributed by atoms with E-state index in [0.717, 1.165) is 0 Å². The van der Waals surface area contributed by atoms with Gasteiger partial charge in [-0.05, 0) is 19.4 Å². The van der Waals surface area contributed by atoms with Crippen molar-refractivity contribution >= 4 is 22.6 Å². The third-order valence-corrected chi connectivity index (χ3v) is 4.88. The number of alkyl halides is 1. The second kappa shape index (κ2) is 6.50. The molecule has 2 aliphatic heterocycles. The molecule has 4 nitrogen and oxygen atoms in total. The summed E-state index contributed by atoms with van der Waals surface area (Å²) in [6.07, 6.45) is -0.0776. The zero-order valence-electron chi connectivity index (χ0n) is 12.3. The number of hydrogen-bond acceptors (Lipinski definition) is 4. The zero-order valence-corrected chi connectivity index (χ0v) is 14.5. The third-order valence-electron chi connectivity index (χ3n) is 3.81. The summed E-state index contributed by atoms with van der Waals surface area (Å²) < 4.78 is 24.0. The Morgan fingerprint density at radius 3 is 2.67 bits per heavy atom. The normalized spacial score (nSPS) is 35.2. The number of benzene rings is 1. The molecule has 0 N–H and O–H groups in total. The standard InChI is InChI=1S/C16H21IO4/c1-16(2)20-10-13(21-16)15-14(12(17)9-19-15)18-8-11-6-4-3-5-7-11/h3-7,12-15H,8-10H2,1-2H3/t12-,13+,14-,15+/m0/s1. The monoisotopic (exact) mass is 404 g/mol. The van der Waals surface area contributed by atoms with E-state index in [4.69, 9.17) is 18.9 Å². The molecule has 0 spiro atoms. The molecule has 2 saturated heterocycles. The number of rotatable bonds is 4. The van der Waals surface area contributed by atoms with Crippen molar-refractivity contribution in [2.24, 2.45) is 0 Å². The minimum absolute atomic E-state index is 0.0355. The van der Waals surface area contributed by atoms with Gasteiger partial charge in [-0.1, -0.05) is 52.9 Å². The average molecular weight is 404 g/mol. The Morgan fingerprint density at radius 1 is 1.24 bits per heavy atom. The number of ether oxygens (including phenoxy) is 4. The summed E-state index contributed by atoms with van der Waals surface area (Å²) in [6, 6.07) is 10.2. The van der Waals surface area contributed by atoms with Crippen molar-refractivity contribution in [1.29, 1.82) is 0 Å². The minimum Gasteiger partial charge on any atom is -0.371 e. The van der Waals surface area contributed by atoms with E-state index in [2.05, 4.69) is 34.7 Å². The maximum atomic E-state index is 6.13. The van der Waals surface area contributed by atoms with Gasteiger partial charge in [0, 0.05) is 0 Å². The molecule has 0 saturated carbocycles. The van der Waals surface area contributed by atoms with Crippen molar-refractivity contribution in [3.63, 3.8) is 0 Å². The highest BCUT2D eigenvalue weighted by Gasteiger charge is 2.47. The summed E-state index contributed by atoms with van der Waals surface area (Å²) in [4.78, 5) is 0. The van der Waals surface area contributed by atoms with Crippen LogP contribution in [-0.4, -0.2) is 41.2 Å². The van der Waals surface area contributed by atoms with Crippen LogP contribution in [0.4, 0.5) is 0 Å². The fourth-order valence-corrected chi connectivity index (χ4v) is 3.59. The second-order valence-corrected chi connectivity index (χ2v) is 7.54. The molecule has 21 heavy (non-hydrogen) atoms. The first-order valence-corrected chi connectivity index (χ1v) is 8.53. The Morgan fingerprint density at radius 2 is 2.00 bits per heavy atom. The molecule has 5 heteroatoms. The van der Waals surface area contributed by atoms with Crippen LogP contribution < -0.4 is 0 Å². The fourth-order valence-electron chi connectivity index (χ4n) is 2.76. The Kier molecular flexibility index (Phi) is 4.85. The van der Waals surface area contributed by atoms with Crippen LogP contribution in [0.25, 0.3) is 0 Å². The second-order valence-electron chi connectivity index (χ2n) is 5.94. The average Bonchev–Trinajstić information content (AvgIpc) is 3.00. The number of hydrogen-bond donors (Lipinski definition) is 0. The molecule has 2 aliphatic rings. The molecule has 0 aliphatic carbocycles. The molecule has 3 rings (SSSR count). The first kappa shape index (κ1) is 15.7. The van der Waals surface area contributed by atoms with E-state index in [9.17, 15) is 0 Å². The molecule has 0 radical (unpaired) electrons. The predicted molar refractivity (Wildman–Crippen MR) is 87.5 cm³/mol. The molecular weight excluding hydrogens is 383 g/mol. The van der Waals surface area contributed by atoms with Crippen LogP contribution in [0, 0.1) is 0 Å². The van der Waals surface area contributed by atoms with Gasteiger partial charge in [0.2, 0.25) is 0 Å². The molecule has 2 fully saturated rings. The lowest BCUT2D eigenvalue weighted by Gasteiger charge is -2.26. The lowest BCUT2D eigenvalue weighted by Crippen LogP contribution is -2.41. The van der Waals surface area contributed by atoms with Gasteiger partial charge in [-0.25, -0.2) is 0 Å². The summed E-state index contributed by atoms with van der Waals surface area (Å²) in [6.45, 7) is 5.73. The van der Waals surface area contributed by atoms with Gasteiger partial charge in [-0.2, -0.15) is 0 Å². The van der Waals surface area contributed by atoms with Gasteiger partial charge >= 0.3 is 0 Å². The van der Waals surface area contributed by atoms with Crippen molar-refractivity contribution in [2.75, 3.05) is 13.2 Å². The SMILES string of the molecule is CC1(C)OC[C@H]([C@H]2OC[C@H](I)[C@@H]2OCc2ccccc2)O1. The van der Waals surface area contributed by atoms with Crippen LogP contribution >= 0.6 is 22.6 Å². The van der Waals surface area contributed by atoms with Crippen molar-refractivity contribution in [1.82, 2.24) is 0 Å². The van der Waals surface area contributed by atoms with Gasteiger partial charge in [0.05, 0.1) is 23.7 Å². The van der Waals surface area contributed by atoms with E-state index in [1.165, 1.54) is 5.56 Å². The predicted octanol–water partition coefficient (Wildman–Crippen LogP) is 2.93. The van der Waals surface area contributed by atoms with E-state index in [0.29, 0.717) is 23.7 Å². The molecule has 4 atom stereocenters. The Balaban J connectivity index is 1.62. The first-order valence-electron chi connectivity index (χ1n) is 7.28. The largest absolute Gasteiger partial charge is 0.371 e. The van der Waals surface area contributed by atoms with Crippen LogP contribution in [0.3, 0.4) is 0 Å². The van der Waals surface area contributed by atoms with Gasteiger partial charge < -0.3 is 18.9 Å². The van der Waals surface area contributed by atoms with Crippen LogP contribution in [0.5, 0.6) is 0 Å². The van der Waals surface area contributed by atoms with Crippen LogP contribution in [0.2, 0.25) is 0 Å². The highest BCUT2D eigenvalue weighted by Crippen LogP contribution is 2.33. The van der Waals surface area contributed by atoms with Crippen LogP contribution in [0.15, 0.2) is 30.3 Å². The molecule has 0 amide bonds. The van der Waals surface area contributed by atoms with Gasteiger partial charge in [0.25, 0.3) is 0 Å². The number of halogens is 1. The summed E-state index contributed by atoms with van der Waals surface area (Å²) in [5, 5.41) is 0. The quantitative estimate of drug-likeness (QED) is 0.572. The van der Waals surface area contributed by atoms with Crippen molar-refractivity contribution in [3.05, 3.63) is 35.9 Å². The van der Waals surface area contributed by atoms with E-state index in [-0.39, 0.29) is 18.3 Å². The molecule has 0 bridgehead atoms. The highest BCUT2D eigenvalue weighted by molar-refractivity contribution is 14.1. The van der Waals surface area contributed by atoms with E-state index >= 15 is 0 Å². The van der Waals surface area contributed by atoms with Gasteiger partial charge in [0.15, 0.2) is 5.79 Å². The molecule has 1 aromatic carbocycles. The molecule has 0 aromatic heterocycles. The van der Waals surface area contributed by atoms with Gasteiger partial charge in [0.1, 0.15) is 18.3 Å². The minimum atomic E-state index is -0.526. The van der Waals surface area contributed by atoms with E-state index in [1.54, 1.807) is 0 Å². The Hall–Kier alpha value is -0.210. The third kappa shape index (κ3) is 3.76. The first-order chi connectivity index (χ1) is 10.1. The maximum absolute atomic E-state index is 6.13. The smallest absolute Gasteiger partial charge is 0.163 e. The Labute approximate surface area is 139 Å². The summed E-state index contributed by atoms with van der Waals surface area (Å²) >= 11 is 2.40. The molecule has 1 aromatic rings. The zero-order chi connectivity index (χ0) is 14.9. The van der Waals surface area contributed by atoms with E-state index in [1.807, 2.05) is 32.0 Å². The summed E-state index contributed by atoms with van der Waals surface area (Å²) in [5.74, 6) is -0.526. The molecule has 116 valence electrons. The van der Waals surface area contributed by atoms with Gasteiger partial charge in [-0.15, -0.1) is 0 Å². The highest BCUT2D eigenvalue weighted by atomic mass is 127. The van der Waals surface area contributed by atoms with E-state index < -0.39 is 5.79 Å². The van der Waals surface area contributed by atoms with Crippen LogP contribution in [-0.2, 0) is 25.6 Å². The van der Waals surface area contributed by atoms with Crippen molar-refractivity contribution < 1.29 is 18.9 Å². The fraction of sp³-hybridized carbons (Fsp3) is 0.625. The topological polar surface area (TPSA) is 36.9 Å². The van der Waals surface area contributed by atoms with Crippen molar-refractivity contribution in [3.8, 4) is 0 Å². The van der Waals surface area contributed by atoms with Crippen LogP contribution in [0.1, 0.15) is 19.4 Å².